The molecule has 0 saturated heterocycles. The van der Waals surface area contributed by atoms with E-state index in [1.54, 1.807) is 20.8 Å². The fourth-order valence-corrected chi connectivity index (χ4v) is 1.98. The SMILES string of the molecule is C=COC(=O)C(C)(C)C.C=COC(=O)CCCCCCCCCCC. The Balaban J connectivity index is 0. The molecule has 0 bridgehead atoms. The van der Waals surface area contributed by atoms with E-state index in [1.165, 1.54) is 51.2 Å². The number of hydrogen-bond donors (Lipinski definition) is 0. The van der Waals surface area contributed by atoms with Gasteiger partial charge in [0.15, 0.2) is 0 Å². The molecule has 0 atom stereocenters. The van der Waals surface area contributed by atoms with Crippen LogP contribution in [0.15, 0.2) is 25.7 Å². The minimum Gasteiger partial charge on any atom is -0.435 e. The first-order chi connectivity index (χ1) is 11.8. The molecule has 146 valence electrons. The molecular weight excluding hydrogens is 316 g/mol. The summed E-state index contributed by atoms with van der Waals surface area (Å²) in [5.74, 6) is -0.407. The number of hydrogen-bond acceptors (Lipinski definition) is 4. The van der Waals surface area contributed by atoms with E-state index in [2.05, 4.69) is 29.6 Å². The average Bonchev–Trinajstić information content (AvgIpc) is 2.53. The number of unbranched alkanes of at least 4 members (excludes halogenated alkanes) is 8. The van der Waals surface area contributed by atoms with Crippen LogP contribution in [0.3, 0.4) is 0 Å². The van der Waals surface area contributed by atoms with Crippen LogP contribution in [0.25, 0.3) is 0 Å². The summed E-state index contributed by atoms with van der Waals surface area (Å²) in [7, 11) is 0. The highest BCUT2D eigenvalue weighted by Gasteiger charge is 2.21. The van der Waals surface area contributed by atoms with Crippen molar-refractivity contribution in [3.63, 3.8) is 0 Å². The van der Waals surface area contributed by atoms with Crippen LogP contribution in [0.5, 0.6) is 0 Å². The van der Waals surface area contributed by atoms with E-state index in [4.69, 9.17) is 0 Å². The van der Waals surface area contributed by atoms with Gasteiger partial charge in [0.2, 0.25) is 0 Å². The van der Waals surface area contributed by atoms with Crippen molar-refractivity contribution in [3.8, 4) is 0 Å². The Bertz CT molecular complexity index is 367. The molecule has 0 aliphatic heterocycles. The minimum atomic E-state index is -0.422. The topological polar surface area (TPSA) is 52.6 Å². The molecule has 0 aromatic heterocycles. The highest BCUT2D eigenvalue weighted by atomic mass is 16.5. The van der Waals surface area contributed by atoms with Crippen molar-refractivity contribution < 1.29 is 19.1 Å². The molecule has 0 amide bonds. The van der Waals surface area contributed by atoms with E-state index in [1.807, 2.05) is 0 Å². The van der Waals surface area contributed by atoms with Crippen molar-refractivity contribution in [2.45, 2.75) is 91.9 Å². The smallest absolute Gasteiger partial charge is 0.316 e. The molecule has 0 unspecified atom stereocenters. The molecule has 4 heteroatoms. The van der Waals surface area contributed by atoms with E-state index < -0.39 is 5.41 Å². The highest BCUT2D eigenvalue weighted by Crippen LogP contribution is 2.14. The first kappa shape index (κ1) is 25.7. The lowest BCUT2D eigenvalue weighted by atomic mass is 9.98. The van der Waals surface area contributed by atoms with Gasteiger partial charge in [-0.15, -0.1) is 0 Å². The predicted octanol–water partition coefficient (Wildman–Crippen LogP) is 6.31. The van der Waals surface area contributed by atoms with Gasteiger partial charge in [-0.2, -0.15) is 0 Å². The summed E-state index contributed by atoms with van der Waals surface area (Å²) < 4.78 is 9.17. The van der Waals surface area contributed by atoms with Gasteiger partial charge in [-0.25, -0.2) is 0 Å². The van der Waals surface area contributed by atoms with Crippen molar-refractivity contribution in [2.24, 2.45) is 5.41 Å². The molecule has 0 spiro atoms. The van der Waals surface area contributed by atoms with Crippen LogP contribution >= 0.6 is 0 Å². The Hall–Kier alpha value is -1.58. The molecular formula is C21H38O4. The van der Waals surface area contributed by atoms with Crippen molar-refractivity contribution in [1.29, 1.82) is 0 Å². The summed E-state index contributed by atoms with van der Waals surface area (Å²) >= 11 is 0. The largest absolute Gasteiger partial charge is 0.435 e. The third-order valence-corrected chi connectivity index (χ3v) is 3.50. The molecule has 25 heavy (non-hydrogen) atoms. The van der Waals surface area contributed by atoms with Gasteiger partial charge in [0.1, 0.15) is 0 Å². The molecule has 0 aromatic rings. The van der Waals surface area contributed by atoms with Crippen LogP contribution in [0, 0.1) is 5.41 Å². The van der Waals surface area contributed by atoms with E-state index in [9.17, 15) is 9.59 Å². The first-order valence-corrected chi connectivity index (χ1v) is 9.42. The summed E-state index contributed by atoms with van der Waals surface area (Å²) in [6.07, 6.45) is 14.3. The Kier molecular flexibility index (Phi) is 17.7. The zero-order valence-corrected chi connectivity index (χ0v) is 16.8. The first-order valence-electron chi connectivity index (χ1n) is 9.42. The molecule has 0 radical (unpaired) electrons. The normalized spacial score (nSPS) is 10.2. The molecule has 0 heterocycles. The van der Waals surface area contributed by atoms with E-state index in [-0.39, 0.29) is 11.9 Å². The van der Waals surface area contributed by atoms with Crippen molar-refractivity contribution in [1.82, 2.24) is 0 Å². The maximum absolute atomic E-state index is 11.0. The number of ether oxygens (including phenoxy) is 2. The average molecular weight is 355 g/mol. The number of esters is 2. The summed E-state index contributed by atoms with van der Waals surface area (Å²) in [4.78, 5) is 21.7. The molecule has 4 nitrogen and oxygen atoms in total. The van der Waals surface area contributed by atoms with Crippen LogP contribution in [0.1, 0.15) is 91.9 Å². The maximum Gasteiger partial charge on any atom is 0.316 e. The Morgan fingerprint density at radius 1 is 0.800 bits per heavy atom. The monoisotopic (exact) mass is 354 g/mol. The highest BCUT2D eigenvalue weighted by molar-refractivity contribution is 5.75. The predicted molar refractivity (Wildman–Crippen MR) is 104 cm³/mol. The van der Waals surface area contributed by atoms with Gasteiger partial charge in [0, 0.05) is 6.42 Å². The summed E-state index contributed by atoms with van der Waals surface area (Å²) in [6, 6.07) is 0. The maximum atomic E-state index is 11.0. The number of rotatable bonds is 12. The van der Waals surface area contributed by atoms with Gasteiger partial charge in [-0.3, -0.25) is 9.59 Å². The van der Waals surface area contributed by atoms with Crippen LogP contribution < -0.4 is 0 Å². The van der Waals surface area contributed by atoms with Crippen LogP contribution in [0.4, 0.5) is 0 Å². The zero-order chi connectivity index (χ0) is 19.6. The van der Waals surface area contributed by atoms with E-state index in [0.717, 1.165) is 19.1 Å². The third-order valence-electron chi connectivity index (χ3n) is 3.50. The van der Waals surface area contributed by atoms with Crippen LogP contribution in [-0.4, -0.2) is 11.9 Å². The zero-order valence-electron chi connectivity index (χ0n) is 16.8. The summed E-state index contributed by atoms with van der Waals surface area (Å²) in [6.45, 7) is 14.2. The summed E-state index contributed by atoms with van der Waals surface area (Å²) in [5, 5.41) is 0. The fraction of sp³-hybridized carbons (Fsp3) is 0.714. The molecule has 0 aromatic carbocycles. The lowest BCUT2D eigenvalue weighted by Gasteiger charge is -2.13. The lowest BCUT2D eigenvalue weighted by molar-refractivity contribution is -0.146. The minimum absolute atomic E-state index is 0.155. The van der Waals surface area contributed by atoms with Gasteiger partial charge in [-0.05, 0) is 27.2 Å². The molecule has 0 aliphatic rings. The number of carbonyl (C=O) groups is 2. The van der Waals surface area contributed by atoms with Gasteiger partial charge < -0.3 is 9.47 Å². The quantitative estimate of drug-likeness (QED) is 0.234. The summed E-state index contributed by atoms with van der Waals surface area (Å²) in [5.41, 5.74) is -0.422. The van der Waals surface area contributed by atoms with Crippen molar-refractivity contribution >= 4 is 11.9 Å². The molecule has 0 aliphatic carbocycles. The van der Waals surface area contributed by atoms with Gasteiger partial charge in [0.05, 0.1) is 17.9 Å². The van der Waals surface area contributed by atoms with E-state index >= 15 is 0 Å². The lowest BCUT2D eigenvalue weighted by Crippen LogP contribution is -2.20. The Labute approximate surface area is 154 Å². The molecule has 0 fully saturated rings. The second-order valence-electron chi connectivity index (χ2n) is 7.06. The van der Waals surface area contributed by atoms with Gasteiger partial charge in [-0.1, -0.05) is 71.4 Å². The Morgan fingerprint density at radius 3 is 1.60 bits per heavy atom. The number of carbonyl (C=O) groups excluding carboxylic acids is 2. The van der Waals surface area contributed by atoms with Crippen LogP contribution in [-0.2, 0) is 19.1 Å². The standard InChI is InChI=1S/C14H26O2.C7H12O2/c1-3-5-6-7-8-9-10-11-12-13-14(15)16-4-2;1-5-9-6(8)7(2,3)4/h4H,2-3,5-13H2,1H3;5H,1H2,2-4H3. The molecule has 0 saturated carbocycles. The second-order valence-corrected chi connectivity index (χ2v) is 7.06. The van der Waals surface area contributed by atoms with E-state index in [0.29, 0.717) is 6.42 Å². The van der Waals surface area contributed by atoms with Gasteiger partial charge in [0.25, 0.3) is 0 Å². The molecule has 0 rings (SSSR count). The van der Waals surface area contributed by atoms with Crippen molar-refractivity contribution in [2.75, 3.05) is 0 Å². The third kappa shape index (κ3) is 20.4. The van der Waals surface area contributed by atoms with Gasteiger partial charge >= 0.3 is 11.9 Å². The van der Waals surface area contributed by atoms with Crippen molar-refractivity contribution in [3.05, 3.63) is 25.7 Å². The van der Waals surface area contributed by atoms with Crippen LogP contribution in [0.2, 0.25) is 0 Å². The fourth-order valence-electron chi connectivity index (χ4n) is 1.98. The Morgan fingerprint density at radius 2 is 1.24 bits per heavy atom. The second kappa shape index (κ2) is 17.2. The molecule has 0 N–H and O–H groups in total.